The lowest BCUT2D eigenvalue weighted by atomic mass is 10.1. The number of carbonyl (C=O) groups is 2. The van der Waals surface area contributed by atoms with Gasteiger partial charge >= 0.3 is 0 Å². The number of carbonyl (C=O) groups excluding carboxylic acids is 2. The highest BCUT2D eigenvalue weighted by Gasteiger charge is 2.32. The van der Waals surface area contributed by atoms with Gasteiger partial charge in [0, 0.05) is 37.8 Å². The van der Waals surface area contributed by atoms with Gasteiger partial charge in [0.1, 0.15) is 17.3 Å². The normalized spacial score (nSPS) is 19.4. The summed E-state index contributed by atoms with van der Waals surface area (Å²) in [6, 6.07) is 11.6. The summed E-state index contributed by atoms with van der Waals surface area (Å²) < 4.78 is 23.9. The monoisotopic (exact) mass is 414 g/mol. The molecule has 2 atom stereocenters. The van der Waals surface area contributed by atoms with Gasteiger partial charge in [-0.2, -0.15) is 0 Å². The number of nitrogens with zero attached hydrogens (tertiary/aromatic N) is 2. The minimum atomic E-state index is -0.242. The summed E-state index contributed by atoms with van der Waals surface area (Å²) in [7, 11) is 1.48. The Morgan fingerprint density at radius 1 is 1.13 bits per heavy atom. The average Bonchev–Trinajstić information content (AvgIpc) is 2.75. The zero-order valence-corrected chi connectivity index (χ0v) is 17.5. The molecule has 0 aliphatic carbocycles. The standard InChI is InChI=1S/C23H27FN2O4/c1-16-12-26(17(2)11-25(16)13-18-4-7-20(24)8-5-18)23(28)15-30-21-9-6-19(14-27)22(10-21)29-3/h4-10,14,16-17H,11-13,15H2,1-3H3/t16-,17+/m0/s1. The van der Waals surface area contributed by atoms with Gasteiger partial charge in [-0.15, -0.1) is 0 Å². The molecule has 0 radical (unpaired) electrons. The molecule has 1 amide bonds. The van der Waals surface area contributed by atoms with Gasteiger partial charge in [-0.3, -0.25) is 14.5 Å². The molecule has 0 spiro atoms. The maximum atomic E-state index is 13.1. The first-order valence-electron chi connectivity index (χ1n) is 9.95. The van der Waals surface area contributed by atoms with Crippen molar-refractivity contribution in [3.05, 3.63) is 59.4 Å². The van der Waals surface area contributed by atoms with Crippen molar-refractivity contribution in [3.8, 4) is 11.5 Å². The van der Waals surface area contributed by atoms with Gasteiger partial charge in [0.15, 0.2) is 12.9 Å². The Hall–Kier alpha value is -2.93. The van der Waals surface area contributed by atoms with Crippen LogP contribution in [0.3, 0.4) is 0 Å². The lowest BCUT2D eigenvalue weighted by Gasteiger charge is -2.44. The van der Waals surface area contributed by atoms with Gasteiger partial charge in [-0.05, 0) is 43.7 Å². The van der Waals surface area contributed by atoms with Gasteiger partial charge < -0.3 is 14.4 Å². The van der Waals surface area contributed by atoms with Crippen molar-refractivity contribution in [3.63, 3.8) is 0 Å². The molecule has 0 saturated carbocycles. The molecule has 0 unspecified atom stereocenters. The zero-order valence-electron chi connectivity index (χ0n) is 17.5. The molecule has 3 rings (SSSR count). The predicted molar refractivity (Wildman–Crippen MR) is 111 cm³/mol. The zero-order chi connectivity index (χ0) is 21.7. The van der Waals surface area contributed by atoms with Crippen molar-refractivity contribution in [2.45, 2.75) is 32.5 Å². The molecule has 1 saturated heterocycles. The Kier molecular flexibility index (Phi) is 7.05. The fourth-order valence-corrected chi connectivity index (χ4v) is 3.70. The van der Waals surface area contributed by atoms with Gasteiger partial charge in [-0.1, -0.05) is 12.1 Å². The smallest absolute Gasteiger partial charge is 0.260 e. The molecule has 7 heteroatoms. The van der Waals surface area contributed by atoms with Crippen LogP contribution >= 0.6 is 0 Å². The highest BCUT2D eigenvalue weighted by molar-refractivity contribution is 5.80. The number of benzene rings is 2. The van der Waals surface area contributed by atoms with Gasteiger partial charge in [0.25, 0.3) is 5.91 Å². The van der Waals surface area contributed by atoms with Crippen LogP contribution < -0.4 is 9.47 Å². The molecule has 1 heterocycles. The van der Waals surface area contributed by atoms with E-state index in [-0.39, 0.29) is 30.4 Å². The van der Waals surface area contributed by atoms with Gasteiger partial charge in [-0.25, -0.2) is 4.39 Å². The number of halogens is 1. The Morgan fingerprint density at radius 2 is 1.87 bits per heavy atom. The second-order valence-corrected chi connectivity index (χ2v) is 7.61. The first kappa shape index (κ1) is 21.8. The SMILES string of the molecule is COc1cc(OCC(=O)N2C[C@H](C)N(Cc3ccc(F)cc3)C[C@H]2C)ccc1C=O. The lowest BCUT2D eigenvalue weighted by molar-refractivity contribution is -0.139. The highest BCUT2D eigenvalue weighted by Crippen LogP contribution is 2.24. The van der Waals surface area contributed by atoms with E-state index in [1.807, 2.05) is 11.8 Å². The number of hydrogen-bond donors (Lipinski definition) is 0. The number of rotatable bonds is 7. The van der Waals surface area contributed by atoms with Crippen molar-refractivity contribution < 1.29 is 23.5 Å². The quantitative estimate of drug-likeness (QED) is 0.652. The average molecular weight is 414 g/mol. The Labute approximate surface area is 176 Å². The third-order valence-corrected chi connectivity index (χ3v) is 5.43. The first-order chi connectivity index (χ1) is 14.4. The molecule has 1 fully saturated rings. The lowest BCUT2D eigenvalue weighted by Crippen LogP contribution is -2.58. The summed E-state index contributed by atoms with van der Waals surface area (Å²) in [6.07, 6.45) is 0.711. The predicted octanol–water partition coefficient (Wildman–Crippen LogP) is 3.15. The molecule has 1 aliphatic rings. The summed E-state index contributed by atoms with van der Waals surface area (Å²) in [6.45, 7) is 6.05. The maximum Gasteiger partial charge on any atom is 0.260 e. The number of piperazine rings is 1. The fraction of sp³-hybridized carbons (Fsp3) is 0.391. The van der Waals surface area contributed by atoms with E-state index in [4.69, 9.17) is 9.47 Å². The fourth-order valence-electron chi connectivity index (χ4n) is 3.70. The molecule has 0 aromatic heterocycles. The van der Waals surface area contributed by atoms with E-state index in [1.54, 1.807) is 30.3 Å². The van der Waals surface area contributed by atoms with Crippen LogP contribution in [0.5, 0.6) is 11.5 Å². The maximum absolute atomic E-state index is 13.1. The summed E-state index contributed by atoms with van der Waals surface area (Å²) in [5.74, 6) is 0.552. The van der Waals surface area contributed by atoms with Crippen LogP contribution in [0.25, 0.3) is 0 Å². The molecular weight excluding hydrogens is 387 g/mol. The Morgan fingerprint density at radius 3 is 2.53 bits per heavy atom. The van der Waals surface area contributed by atoms with E-state index >= 15 is 0 Å². The van der Waals surface area contributed by atoms with Crippen LogP contribution in [0.15, 0.2) is 42.5 Å². The van der Waals surface area contributed by atoms with Crippen LogP contribution in [-0.2, 0) is 11.3 Å². The largest absolute Gasteiger partial charge is 0.496 e. The van der Waals surface area contributed by atoms with Crippen molar-refractivity contribution >= 4 is 12.2 Å². The number of hydrogen-bond acceptors (Lipinski definition) is 5. The van der Waals surface area contributed by atoms with Crippen molar-refractivity contribution in [1.29, 1.82) is 0 Å². The molecular formula is C23H27FN2O4. The Balaban J connectivity index is 1.57. The molecule has 2 aromatic rings. The first-order valence-corrected chi connectivity index (χ1v) is 9.95. The minimum Gasteiger partial charge on any atom is -0.496 e. The van der Waals surface area contributed by atoms with E-state index in [1.165, 1.54) is 19.2 Å². The van der Waals surface area contributed by atoms with Crippen LogP contribution in [-0.4, -0.2) is 60.9 Å². The molecule has 0 N–H and O–H groups in total. The van der Waals surface area contributed by atoms with Crippen LogP contribution in [0.2, 0.25) is 0 Å². The summed E-state index contributed by atoms with van der Waals surface area (Å²) in [5.41, 5.74) is 1.47. The molecule has 30 heavy (non-hydrogen) atoms. The molecule has 2 aromatic carbocycles. The van der Waals surface area contributed by atoms with Crippen LogP contribution in [0.4, 0.5) is 4.39 Å². The number of ether oxygens (including phenoxy) is 2. The molecule has 6 nitrogen and oxygen atoms in total. The Bertz CT molecular complexity index is 887. The molecule has 0 bridgehead atoms. The second kappa shape index (κ2) is 9.71. The summed E-state index contributed by atoms with van der Waals surface area (Å²) in [5, 5.41) is 0. The van der Waals surface area contributed by atoms with E-state index in [2.05, 4.69) is 11.8 Å². The van der Waals surface area contributed by atoms with E-state index in [0.717, 1.165) is 12.1 Å². The highest BCUT2D eigenvalue weighted by atomic mass is 19.1. The van der Waals surface area contributed by atoms with Gasteiger partial charge in [0.05, 0.1) is 12.7 Å². The molecule has 1 aliphatic heterocycles. The summed E-state index contributed by atoms with van der Waals surface area (Å²) >= 11 is 0. The number of aldehydes is 1. The van der Waals surface area contributed by atoms with E-state index in [9.17, 15) is 14.0 Å². The van der Waals surface area contributed by atoms with Gasteiger partial charge in [0.2, 0.25) is 0 Å². The second-order valence-electron chi connectivity index (χ2n) is 7.61. The topological polar surface area (TPSA) is 59.1 Å². The summed E-state index contributed by atoms with van der Waals surface area (Å²) in [4.78, 5) is 27.9. The number of methoxy groups -OCH3 is 1. The molecule has 160 valence electrons. The minimum absolute atomic E-state index is 0.0322. The third-order valence-electron chi connectivity index (χ3n) is 5.43. The van der Waals surface area contributed by atoms with Crippen LogP contribution in [0, 0.1) is 5.82 Å². The van der Waals surface area contributed by atoms with E-state index < -0.39 is 0 Å². The third kappa shape index (κ3) is 5.16. The van der Waals surface area contributed by atoms with Crippen molar-refractivity contribution in [1.82, 2.24) is 9.80 Å². The van der Waals surface area contributed by atoms with Crippen molar-refractivity contribution in [2.24, 2.45) is 0 Å². The number of amides is 1. The van der Waals surface area contributed by atoms with Crippen LogP contribution in [0.1, 0.15) is 29.8 Å². The van der Waals surface area contributed by atoms with Crippen molar-refractivity contribution in [2.75, 3.05) is 26.8 Å². The van der Waals surface area contributed by atoms with E-state index in [0.29, 0.717) is 36.4 Å².